The lowest BCUT2D eigenvalue weighted by Gasteiger charge is -2.21. The average molecular weight is 396 g/mol. The Morgan fingerprint density at radius 2 is 2.07 bits per heavy atom. The van der Waals surface area contributed by atoms with Crippen LogP contribution in [0.1, 0.15) is 35.2 Å². The number of aryl methyl sites for hydroxylation is 4. The second kappa shape index (κ2) is 9.27. The standard InChI is InChI=1S/C21H28N6O2/c1-15-14-16(2)27(25-15)12-7-10-23-21(28)24-19(20-22-11-13-26(20)3)17-8-5-6-9-18(17)29-4/h5-6,8-9,11,13-14,19H,7,10,12H2,1-4H3,(H2,23,24,28). The van der Waals surface area contributed by atoms with Crippen molar-refractivity contribution in [3.05, 3.63) is 65.5 Å². The van der Waals surface area contributed by atoms with Crippen molar-refractivity contribution in [2.75, 3.05) is 13.7 Å². The predicted molar refractivity (Wildman–Crippen MR) is 111 cm³/mol. The third kappa shape index (κ3) is 4.96. The molecule has 154 valence electrons. The Labute approximate surface area is 170 Å². The molecule has 2 heterocycles. The number of methoxy groups -OCH3 is 1. The zero-order chi connectivity index (χ0) is 20.8. The van der Waals surface area contributed by atoms with Gasteiger partial charge in [-0.05, 0) is 32.4 Å². The summed E-state index contributed by atoms with van der Waals surface area (Å²) in [5.74, 6) is 1.43. The van der Waals surface area contributed by atoms with Crippen molar-refractivity contribution in [3.63, 3.8) is 0 Å². The molecule has 0 bridgehead atoms. The Balaban J connectivity index is 1.64. The molecule has 0 aliphatic heterocycles. The number of nitrogens with zero attached hydrogens (tertiary/aromatic N) is 4. The SMILES string of the molecule is COc1ccccc1C(NC(=O)NCCCn1nc(C)cc1C)c1nccn1C. The number of benzene rings is 1. The van der Waals surface area contributed by atoms with E-state index >= 15 is 0 Å². The Morgan fingerprint density at radius 3 is 2.72 bits per heavy atom. The number of hydrogen-bond donors (Lipinski definition) is 2. The Kier molecular flexibility index (Phi) is 6.54. The van der Waals surface area contributed by atoms with E-state index in [1.54, 1.807) is 13.3 Å². The summed E-state index contributed by atoms with van der Waals surface area (Å²) in [6.07, 6.45) is 4.36. The van der Waals surface area contributed by atoms with Crippen LogP contribution in [0.2, 0.25) is 0 Å². The summed E-state index contributed by atoms with van der Waals surface area (Å²) in [7, 11) is 3.52. The van der Waals surface area contributed by atoms with E-state index in [0.29, 0.717) is 12.3 Å². The zero-order valence-electron chi connectivity index (χ0n) is 17.3. The molecule has 0 saturated heterocycles. The number of para-hydroxylation sites is 1. The van der Waals surface area contributed by atoms with Crippen LogP contribution in [0.5, 0.6) is 5.75 Å². The maximum atomic E-state index is 12.6. The molecule has 2 N–H and O–H groups in total. The first-order valence-corrected chi connectivity index (χ1v) is 9.65. The monoisotopic (exact) mass is 396 g/mol. The van der Waals surface area contributed by atoms with E-state index in [1.807, 2.05) is 66.7 Å². The normalized spacial score (nSPS) is 11.9. The molecule has 8 nitrogen and oxygen atoms in total. The van der Waals surface area contributed by atoms with Crippen LogP contribution in [0.4, 0.5) is 4.79 Å². The Morgan fingerprint density at radius 1 is 1.28 bits per heavy atom. The molecule has 8 heteroatoms. The summed E-state index contributed by atoms with van der Waals surface area (Å²) in [6, 6.07) is 8.99. The van der Waals surface area contributed by atoms with E-state index in [4.69, 9.17) is 4.74 Å². The second-order valence-corrected chi connectivity index (χ2v) is 6.98. The first kappa shape index (κ1) is 20.4. The molecule has 0 aliphatic rings. The van der Waals surface area contributed by atoms with Crippen LogP contribution in [-0.4, -0.2) is 39.0 Å². The number of aromatic nitrogens is 4. The third-order valence-corrected chi connectivity index (χ3v) is 4.78. The van der Waals surface area contributed by atoms with Gasteiger partial charge >= 0.3 is 6.03 Å². The molecule has 0 saturated carbocycles. The summed E-state index contributed by atoms with van der Waals surface area (Å²) < 4.78 is 9.34. The molecule has 29 heavy (non-hydrogen) atoms. The molecule has 2 amide bonds. The highest BCUT2D eigenvalue weighted by molar-refractivity contribution is 5.75. The summed E-state index contributed by atoms with van der Waals surface area (Å²) in [5.41, 5.74) is 2.97. The molecular formula is C21H28N6O2. The summed E-state index contributed by atoms with van der Waals surface area (Å²) in [5, 5.41) is 10.4. The predicted octanol–water partition coefficient (Wildman–Crippen LogP) is 2.72. The Hall–Kier alpha value is -3.29. The third-order valence-electron chi connectivity index (χ3n) is 4.78. The van der Waals surface area contributed by atoms with Crippen molar-refractivity contribution >= 4 is 6.03 Å². The maximum absolute atomic E-state index is 12.6. The van der Waals surface area contributed by atoms with Crippen LogP contribution in [0.25, 0.3) is 0 Å². The fourth-order valence-corrected chi connectivity index (χ4v) is 3.36. The number of urea groups is 1. The molecule has 1 atom stereocenters. The second-order valence-electron chi connectivity index (χ2n) is 6.98. The minimum Gasteiger partial charge on any atom is -0.496 e. The molecular weight excluding hydrogens is 368 g/mol. The molecule has 1 aromatic carbocycles. The number of carbonyl (C=O) groups excluding carboxylic acids is 1. The maximum Gasteiger partial charge on any atom is 0.315 e. The summed E-state index contributed by atoms with van der Waals surface area (Å²) >= 11 is 0. The highest BCUT2D eigenvalue weighted by Crippen LogP contribution is 2.28. The lowest BCUT2D eigenvalue weighted by Crippen LogP contribution is -2.40. The van der Waals surface area contributed by atoms with Gasteiger partial charge in [0.2, 0.25) is 0 Å². The number of nitrogens with one attached hydrogen (secondary N) is 2. The molecule has 0 aliphatic carbocycles. The molecule has 2 aromatic heterocycles. The van der Waals surface area contributed by atoms with Gasteiger partial charge in [0, 0.05) is 43.8 Å². The van der Waals surface area contributed by atoms with Gasteiger partial charge in [0.05, 0.1) is 12.8 Å². The molecule has 3 rings (SSSR count). The van der Waals surface area contributed by atoms with Crippen LogP contribution in [0.3, 0.4) is 0 Å². The van der Waals surface area contributed by atoms with Crippen LogP contribution in [0.15, 0.2) is 42.7 Å². The van der Waals surface area contributed by atoms with E-state index in [0.717, 1.165) is 35.7 Å². The minimum absolute atomic E-state index is 0.253. The van der Waals surface area contributed by atoms with Crippen molar-refractivity contribution in [3.8, 4) is 5.75 Å². The number of amides is 2. The minimum atomic E-state index is -0.429. The number of imidazole rings is 1. The topological polar surface area (TPSA) is 86.0 Å². The Bertz CT molecular complexity index is 962. The number of rotatable bonds is 8. The first-order valence-electron chi connectivity index (χ1n) is 9.65. The van der Waals surface area contributed by atoms with Gasteiger partial charge in [0.25, 0.3) is 0 Å². The molecule has 3 aromatic rings. The molecule has 0 spiro atoms. The highest BCUT2D eigenvalue weighted by atomic mass is 16.5. The first-order chi connectivity index (χ1) is 14.0. The quantitative estimate of drug-likeness (QED) is 0.573. The number of ether oxygens (including phenoxy) is 1. The van der Waals surface area contributed by atoms with Crippen LogP contribution >= 0.6 is 0 Å². The largest absolute Gasteiger partial charge is 0.496 e. The van der Waals surface area contributed by atoms with Crippen molar-refractivity contribution < 1.29 is 9.53 Å². The fourth-order valence-electron chi connectivity index (χ4n) is 3.36. The lowest BCUT2D eigenvalue weighted by atomic mass is 10.0. The number of hydrogen-bond acceptors (Lipinski definition) is 4. The highest BCUT2D eigenvalue weighted by Gasteiger charge is 2.23. The van der Waals surface area contributed by atoms with E-state index in [2.05, 4.69) is 20.7 Å². The zero-order valence-corrected chi connectivity index (χ0v) is 17.3. The van der Waals surface area contributed by atoms with Gasteiger partial charge in [-0.15, -0.1) is 0 Å². The van der Waals surface area contributed by atoms with Crippen molar-refractivity contribution in [2.45, 2.75) is 32.9 Å². The van der Waals surface area contributed by atoms with Gasteiger partial charge in [0.15, 0.2) is 0 Å². The smallest absolute Gasteiger partial charge is 0.315 e. The van der Waals surface area contributed by atoms with Gasteiger partial charge in [-0.2, -0.15) is 5.10 Å². The lowest BCUT2D eigenvalue weighted by molar-refractivity contribution is 0.237. The average Bonchev–Trinajstić information content (AvgIpc) is 3.27. The summed E-state index contributed by atoms with van der Waals surface area (Å²) in [4.78, 5) is 17.0. The molecule has 0 radical (unpaired) electrons. The van der Waals surface area contributed by atoms with Crippen molar-refractivity contribution in [2.24, 2.45) is 7.05 Å². The van der Waals surface area contributed by atoms with Gasteiger partial charge in [-0.3, -0.25) is 4.68 Å². The van der Waals surface area contributed by atoms with Gasteiger partial charge < -0.3 is 19.9 Å². The fraction of sp³-hybridized carbons (Fsp3) is 0.381. The van der Waals surface area contributed by atoms with Crippen LogP contribution < -0.4 is 15.4 Å². The van der Waals surface area contributed by atoms with Gasteiger partial charge in [-0.1, -0.05) is 18.2 Å². The van der Waals surface area contributed by atoms with E-state index in [9.17, 15) is 4.79 Å². The summed E-state index contributed by atoms with van der Waals surface area (Å²) in [6.45, 7) is 5.31. The number of carbonyl (C=O) groups is 1. The van der Waals surface area contributed by atoms with Crippen LogP contribution in [0, 0.1) is 13.8 Å². The van der Waals surface area contributed by atoms with Crippen LogP contribution in [-0.2, 0) is 13.6 Å². The van der Waals surface area contributed by atoms with E-state index in [1.165, 1.54) is 0 Å². The van der Waals surface area contributed by atoms with E-state index < -0.39 is 6.04 Å². The van der Waals surface area contributed by atoms with E-state index in [-0.39, 0.29) is 6.03 Å². The van der Waals surface area contributed by atoms with Crippen molar-refractivity contribution in [1.82, 2.24) is 30.0 Å². The van der Waals surface area contributed by atoms with Gasteiger partial charge in [-0.25, -0.2) is 9.78 Å². The molecule has 0 fully saturated rings. The van der Waals surface area contributed by atoms with Gasteiger partial charge in [0.1, 0.15) is 17.6 Å². The van der Waals surface area contributed by atoms with Crippen molar-refractivity contribution in [1.29, 1.82) is 0 Å². The molecule has 1 unspecified atom stereocenters.